The van der Waals surface area contributed by atoms with Crippen molar-refractivity contribution in [2.45, 2.75) is 32.1 Å². The minimum Gasteiger partial charge on any atom is -0.308 e. The van der Waals surface area contributed by atoms with Gasteiger partial charge in [0.25, 0.3) is 6.54 Å². The first-order valence-electron chi connectivity index (χ1n) is 4.63. The zero-order chi connectivity index (χ0) is 8.60. The fraction of sp³-hybridized carbons (Fsp3) is 0.800. The van der Waals surface area contributed by atoms with Crippen LogP contribution in [0.1, 0.15) is 32.1 Å². The van der Waals surface area contributed by atoms with E-state index in [0.717, 1.165) is 25.2 Å². The van der Waals surface area contributed by atoms with Gasteiger partial charge in [0.2, 0.25) is 5.78 Å². The van der Waals surface area contributed by atoms with Crippen LogP contribution >= 0.6 is 0 Å². The summed E-state index contributed by atoms with van der Waals surface area (Å²) in [7, 11) is 0. The molecule has 0 atom stereocenters. The number of rotatable bonds is 2. The molecule has 2 rings (SSSR count). The summed E-state index contributed by atoms with van der Waals surface area (Å²) in [6.07, 6.45) is 5.66. The average molecular weight is 163 g/mol. The maximum atomic E-state index is 11.6. The van der Waals surface area contributed by atoms with Crippen molar-refractivity contribution < 1.29 is 4.79 Å². The summed E-state index contributed by atoms with van der Waals surface area (Å²) in [5.41, 5.74) is -0.0325. The van der Waals surface area contributed by atoms with Crippen LogP contribution in [0.2, 0.25) is 0 Å². The standard InChI is InChI=1S/C10H13NO/c1-11-7-9(12)10-4-2-8(6-10)3-5-10/h8H,2-7H2. The highest BCUT2D eigenvalue weighted by Gasteiger charge is 2.50. The number of nitrogens with zero attached hydrogens (tertiary/aromatic N) is 1. The lowest BCUT2D eigenvalue weighted by Crippen LogP contribution is -2.27. The van der Waals surface area contributed by atoms with Crippen molar-refractivity contribution in [3.05, 3.63) is 11.4 Å². The number of carbonyl (C=O) groups excluding carboxylic acids is 1. The van der Waals surface area contributed by atoms with Gasteiger partial charge >= 0.3 is 0 Å². The number of ketones is 1. The topological polar surface area (TPSA) is 21.4 Å². The predicted molar refractivity (Wildman–Crippen MR) is 45.5 cm³/mol. The number of Topliss-reactive ketones (excluding diaryl/α,β-unsaturated/α-hetero) is 1. The molecule has 2 aliphatic rings. The second kappa shape index (κ2) is 2.58. The van der Waals surface area contributed by atoms with Crippen LogP contribution in [0, 0.1) is 17.9 Å². The maximum Gasteiger partial charge on any atom is 0.272 e. The summed E-state index contributed by atoms with van der Waals surface area (Å²) in [6.45, 7) is 6.79. The van der Waals surface area contributed by atoms with Gasteiger partial charge in [0.05, 0.1) is 0 Å². The van der Waals surface area contributed by atoms with E-state index in [1.165, 1.54) is 12.8 Å². The van der Waals surface area contributed by atoms with Gasteiger partial charge in [0.15, 0.2) is 0 Å². The number of hydrogen-bond donors (Lipinski definition) is 0. The van der Waals surface area contributed by atoms with Crippen LogP contribution in [0.5, 0.6) is 0 Å². The molecule has 2 saturated carbocycles. The Balaban J connectivity index is 2.12. The molecule has 0 saturated heterocycles. The van der Waals surface area contributed by atoms with E-state index in [1.54, 1.807) is 0 Å². The van der Waals surface area contributed by atoms with E-state index in [4.69, 9.17) is 6.57 Å². The Morgan fingerprint density at radius 1 is 1.50 bits per heavy atom. The summed E-state index contributed by atoms with van der Waals surface area (Å²) in [5.74, 6) is 1.03. The van der Waals surface area contributed by atoms with E-state index in [1.807, 2.05) is 0 Å². The third-order valence-electron chi connectivity index (χ3n) is 3.56. The van der Waals surface area contributed by atoms with Crippen molar-refractivity contribution in [2.24, 2.45) is 11.3 Å². The lowest BCUT2D eigenvalue weighted by Gasteiger charge is -2.21. The van der Waals surface area contributed by atoms with Crippen LogP contribution in [0.25, 0.3) is 4.85 Å². The van der Waals surface area contributed by atoms with Gasteiger partial charge in [-0.25, -0.2) is 6.57 Å². The molecule has 0 spiro atoms. The summed E-state index contributed by atoms with van der Waals surface area (Å²) in [5, 5.41) is 0. The van der Waals surface area contributed by atoms with E-state index in [9.17, 15) is 4.79 Å². The van der Waals surface area contributed by atoms with Gasteiger partial charge < -0.3 is 4.85 Å². The number of hydrogen-bond acceptors (Lipinski definition) is 1. The summed E-state index contributed by atoms with van der Waals surface area (Å²) in [6, 6.07) is 0. The molecule has 64 valence electrons. The van der Waals surface area contributed by atoms with E-state index in [2.05, 4.69) is 4.85 Å². The lowest BCUT2D eigenvalue weighted by molar-refractivity contribution is -0.126. The molecular weight excluding hydrogens is 150 g/mol. The Morgan fingerprint density at radius 2 is 2.17 bits per heavy atom. The third kappa shape index (κ3) is 0.964. The lowest BCUT2D eigenvalue weighted by atomic mass is 9.80. The fourth-order valence-corrected chi connectivity index (χ4v) is 2.82. The molecule has 0 amide bonds. The van der Waals surface area contributed by atoms with Crippen LogP contribution in [0.4, 0.5) is 0 Å². The highest BCUT2D eigenvalue weighted by molar-refractivity contribution is 5.88. The normalized spacial score (nSPS) is 38.1. The first kappa shape index (κ1) is 7.79. The minimum absolute atomic E-state index is 0.0325. The minimum atomic E-state index is -0.0325. The second-order valence-corrected chi connectivity index (χ2v) is 4.17. The first-order valence-corrected chi connectivity index (χ1v) is 4.63. The molecule has 2 fully saturated rings. The van der Waals surface area contributed by atoms with Gasteiger partial charge in [-0.1, -0.05) is 0 Å². The second-order valence-electron chi connectivity index (χ2n) is 4.17. The molecule has 12 heavy (non-hydrogen) atoms. The quantitative estimate of drug-likeness (QED) is 0.571. The summed E-state index contributed by atoms with van der Waals surface area (Å²) >= 11 is 0. The van der Waals surface area contributed by atoms with Crippen molar-refractivity contribution in [2.75, 3.05) is 6.54 Å². The van der Waals surface area contributed by atoms with E-state index < -0.39 is 0 Å². The molecule has 0 aliphatic heterocycles. The van der Waals surface area contributed by atoms with E-state index >= 15 is 0 Å². The Morgan fingerprint density at radius 3 is 2.58 bits per heavy atom. The molecule has 2 aliphatic carbocycles. The van der Waals surface area contributed by atoms with Crippen molar-refractivity contribution in [1.29, 1.82) is 0 Å². The number of fused-ring (bicyclic) bond motifs is 2. The summed E-state index contributed by atoms with van der Waals surface area (Å²) < 4.78 is 0. The zero-order valence-corrected chi connectivity index (χ0v) is 7.18. The Bertz CT molecular complexity index is 243. The Labute approximate surface area is 72.8 Å². The van der Waals surface area contributed by atoms with E-state index in [0.29, 0.717) is 0 Å². The van der Waals surface area contributed by atoms with Crippen molar-refractivity contribution in [1.82, 2.24) is 0 Å². The fourth-order valence-electron chi connectivity index (χ4n) is 2.82. The molecular formula is C10H13NO. The summed E-state index contributed by atoms with van der Waals surface area (Å²) in [4.78, 5) is 14.8. The maximum absolute atomic E-state index is 11.6. The molecule has 0 radical (unpaired) electrons. The molecule has 0 aromatic heterocycles. The molecule has 0 N–H and O–H groups in total. The SMILES string of the molecule is [C-]#[N+]CC(=O)C12CCC(CC1)C2. The highest BCUT2D eigenvalue weighted by Crippen LogP contribution is 2.54. The van der Waals surface area contributed by atoms with Gasteiger partial charge in [-0.05, 0) is 38.0 Å². The van der Waals surface area contributed by atoms with Crippen LogP contribution in [0.15, 0.2) is 0 Å². The first-order chi connectivity index (χ1) is 5.77. The van der Waals surface area contributed by atoms with Crippen LogP contribution in [-0.2, 0) is 4.79 Å². The zero-order valence-electron chi connectivity index (χ0n) is 7.18. The smallest absolute Gasteiger partial charge is 0.272 e. The van der Waals surface area contributed by atoms with Crippen molar-refractivity contribution >= 4 is 5.78 Å². The van der Waals surface area contributed by atoms with E-state index in [-0.39, 0.29) is 17.7 Å². The van der Waals surface area contributed by atoms with Gasteiger partial charge in [-0.2, -0.15) is 0 Å². The molecule has 0 aromatic carbocycles. The molecule has 2 bridgehead atoms. The average Bonchev–Trinajstić information content (AvgIpc) is 2.64. The van der Waals surface area contributed by atoms with Crippen LogP contribution < -0.4 is 0 Å². The van der Waals surface area contributed by atoms with Crippen LogP contribution in [0.3, 0.4) is 0 Å². The van der Waals surface area contributed by atoms with Crippen LogP contribution in [-0.4, -0.2) is 12.3 Å². The molecule has 0 aromatic rings. The Kier molecular flexibility index (Phi) is 1.68. The monoisotopic (exact) mass is 163 g/mol. The highest BCUT2D eigenvalue weighted by atomic mass is 16.1. The molecule has 0 unspecified atom stereocenters. The molecule has 0 heterocycles. The molecule has 2 nitrogen and oxygen atoms in total. The van der Waals surface area contributed by atoms with Crippen molar-refractivity contribution in [3.8, 4) is 0 Å². The largest absolute Gasteiger partial charge is 0.308 e. The van der Waals surface area contributed by atoms with Crippen molar-refractivity contribution in [3.63, 3.8) is 0 Å². The van der Waals surface area contributed by atoms with Gasteiger partial charge in [0.1, 0.15) is 0 Å². The van der Waals surface area contributed by atoms with Gasteiger partial charge in [-0.3, -0.25) is 4.79 Å². The third-order valence-corrected chi connectivity index (χ3v) is 3.56. The predicted octanol–water partition coefficient (Wildman–Crippen LogP) is 2.06. The van der Waals surface area contributed by atoms with Gasteiger partial charge in [0, 0.05) is 5.41 Å². The number of carbonyl (C=O) groups is 1. The molecule has 2 heteroatoms. The van der Waals surface area contributed by atoms with Gasteiger partial charge in [-0.15, -0.1) is 0 Å². The Hall–Kier alpha value is -0.840.